The van der Waals surface area contributed by atoms with Gasteiger partial charge in [-0.15, -0.1) is 0 Å². The Morgan fingerprint density at radius 2 is 2.27 bits per heavy atom. The average molecular weight is 309 g/mol. The van der Waals surface area contributed by atoms with Crippen LogP contribution in [-0.4, -0.2) is 44.9 Å². The molecule has 0 aromatic rings. The number of carbonyl (C=O) groups is 1. The van der Waals surface area contributed by atoms with E-state index in [9.17, 15) is 4.79 Å². The van der Waals surface area contributed by atoms with Crippen LogP contribution in [0.3, 0.4) is 0 Å². The number of hydrogen-bond donors (Lipinski definition) is 2. The highest BCUT2D eigenvalue weighted by Crippen LogP contribution is 2.10. The maximum atomic E-state index is 11.8. The third-order valence-corrected chi connectivity index (χ3v) is 3.38. The number of rotatable bonds is 11. The van der Waals surface area contributed by atoms with Crippen molar-refractivity contribution in [3.05, 3.63) is 11.8 Å². The molecule has 1 atom stereocenters. The molecule has 1 saturated heterocycles. The van der Waals surface area contributed by atoms with E-state index in [0.29, 0.717) is 19.7 Å². The van der Waals surface area contributed by atoms with Gasteiger partial charge >= 0.3 is 0 Å². The first kappa shape index (κ1) is 18.5. The smallest absolute Gasteiger partial charge is 0.263 e. The number of amides is 1. The van der Waals surface area contributed by atoms with Crippen LogP contribution in [0.15, 0.2) is 11.8 Å². The Morgan fingerprint density at radius 1 is 1.45 bits per heavy atom. The third kappa shape index (κ3) is 8.01. The molecule has 0 aromatic heterocycles. The molecule has 1 rings (SSSR count). The second-order valence-electron chi connectivity index (χ2n) is 5.29. The van der Waals surface area contributed by atoms with Crippen molar-refractivity contribution in [1.82, 2.24) is 10.6 Å². The minimum atomic E-state index is -0.357. The zero-order chi connectivity index (χ0) is 16.0. The number of unbranched alkanes of at least 4 members (excludes halogenated alkanes) is 1. The summed E-state index contributed by atoms with van der Waals surface area (Å²) in [6.45, 7) is 5.50. The molecule has 1 heterocycles. The maximum Gasteiger partial charge on any atom is 0.263 e. The maximum absolute atomic E-state index is 11.8. The number of hydrogen-bond acceptors (Lipinski definition) is 5. The summed E-state index contributed by atoms with van der Waals surface area (Å²) in [5.74, 6) is -0.357. The van der Waals surface area contributed by atoms with E-state index in [1.165, 1.54) is 6.20 Å². The first-order chi connectivity index (χ1) is 10.8. The van der Waals surface area contributed by atoms with Crippen molar-refractivity contribution in [2.45, 2.75) is 45.1 Å². The summed E-state index contributed by atoms with van der Waals surface area (Å²) in [6.07, 6.45) is 6.60. The van der Waals surface area contributed by atoms with Crippen molar-refractivity contribution in [2.75, 3.05) is 32.9 Å². The lowest BCUT2D eigenvalue weighted by atomic mass is 10.2. The Labute approximate surface area is 132 Å². The lowest BCUT2D eigenvalue weighted by Gasteiger charge is -2.10. The summed E-state index contributed by atoms with van der Waals surface area (Å²) in [4.78, 5) is 11.8. The van der Waals surface area contributed by atoms with Crippen molar-refractivity contribution in [3.8, 4) is 6.07 Å². The molecule has 0 aliphatic carbocycles. The zero-order valence-electron chi connectivity index (χ0n) is 13.4. The van der Waals surface area contributed by atoms with Crippen molar-refractivity contribution >= 4 is 5.91 Å². The lowest BCUT2D eigenvalue weighted by Crippen LogP contribution is -2.33. The molecule has 0 spiro atoms. The Balaban J connectivity index is 2.13. The molecule has 22 heavy (non-hydrogen) atoms. The van der Waals surface area contributed by atoms with Crippen LogP contribution in [0.2, 0.25) is 0 Å². The number of carbonyl (C=O) groups excluding carboxylic acids is 1. The summed E-state index contributed by atoms with van der Waals surface area (Å²) in [5.41, 5.74) is 0.0879. The van der Waals surface area contributed by atoms with Gasteiger partial charge in [0.1, 0.15) is 11.6 Å². The van der Waals surface area contributed by atoms with Crippen LogP contribution in [-0.2, 0) is 14.3 Å². The topological polar surface area (TPSA) is 83.4 Å². The van der Waals surface area contributed by atoms with Crippen molar-refractivity contribution in [1.29, 1.82) is 5.26 Å². The van der Waals surface area contributed by atoms with Crippen molar-refractivity contribution in [2.24, 2.45) is 0 Å². The summed E-state index contributed by atoms with van der Waals surface area (Å²) >= 11 is 0. The predicted molar refractivity (Wildman–Crippen MR) is 84.0 cm³/mol. The second kappa shape index (κ2) is 12.0. The second-order valence-corrected chi connectivity index (χ2v) is 5.29. The van der Waals surface area contributed by atoms with Gasteiger partial charge in [0.2, 0.25) is 0 Å². The first-order valence-electron chi connectivity index (χ1n) is 8.09. The number of ether oxygens (including phenoxy) is 2. The van der Waals surface area contributed by atoms with E-state index in [1.54, 1.807) is 0 Å². The molecule has 1 aliphatic heterocycles. The van der Waals surface area contributed by atoms with Gasteiger partial charge in [0.15, 0.2) is 0 Å². The van der Waals surface area contributed by atoms with E-state index in [-0.39, 0.29) is 17.6 Å². The van der Waals surface area contributed by atoms with Crippen LogP contribution in [0, 0.1) is 11.3 Å². The molecule has 0 bridgehead atoms. The number of nitriles is 1. The Kier molecular flexibility index (Phi) is 10.1. The standard InChI is InChI=1S/C16H27N3O3/c1-2-3-8-21-9-5-7-18-12-14(11-17)16(20)19-13-15-6-4-10-22-15/h12,15,18H,2-10,13H2,1H3,(H,19,20)/b14-12-. The van der Waals surface area contributed by atoms with Crippen LogP contribution < -0.4 is 10.6 Å². The summed E-state index contributed by atoms with van der Waals surface area (Å²) < 4.78 is 10.9. The molecule has 6 nitrogen and oxygen atoms in total. The Morgan fingerprint density at radius 3 is 2.95 bits per heavy atom. The monoisotopic (exact) mass is 309 g/mol. The van der Waals surface area contributed by atoms with E-state index >= 15 is 0 Å². The van der Waals surface area contributed by atoms with Crippen LogP contribution in [0.4, 0.5) is 0 Å². The van der Waals surface area contributed by atoms with Gasteiger partial charge in [-0.1, -0.05) is 13.3 Å². The fraction of sp³-hybridized carbons (Fsp3) is 0.750. The van der Waals surface area contributed by atoms with Gasteiger partial charge in [0, 0.05) is 39.1 Å². The van der Waals surface area contributed by atoms with Crippen LogP contribution in [0.25, 0.3) is 0 Å². The van der Waals surface area contributed by atoms with Gasteiger partial charge in [0.05, 0.1) is 6.10 Å². The molecule has 0 aromatic carbocycles. The Hall–Kier alpha value is -1.58. The normalized spacial score (nSPS) is 18.0. The molecule has 1 aliphatic rings. The Bertz CT molecular complexity index is 385. The van der Waals surface area contributed by atoms with E-state index < -0.39 is 0 Å². The van der Waals surface area contributed by atoms with Gasteiger partial charge in [-0.25, -0.2) is 0 Å². The first-order valence-corrected chi connectivity index (χ1v) is 8.09. The van der Waals surface area contributed by atoms with Crippen LogP contribution in [0.5, 0.6) is 0 Å². The van der Waals surface area contributed by atoms with E-state index in [2.05, 4.69) is 17.6 Å². The highest BCUT2D eigenvalue weighted by molar-refractivity contribution is 5.97. The average Bonchev–Trinajstić information content (AvgIpc) is 3.04. The quantitative estimate of drug-likeness (QED) is 0.343. The van der Waals surface area contributed by atoms with E-state index in [0.717, 1.165) is 45.3 Å². The molecule has 2 N–H and O–H groups in total. The molecule has 0 radical (unpaired) electrons. The fourth-order valence-electron chi connectivity index (χ4n) is 2.05. The van der Waals surface area contributed by atoms with Gasteiger partial charge in [-0.05, 0) is 25.7 Å². The highest BCUT2D eigenvalue weighted by Gasteiger charge is 2.17. The molecule has 0 saturated carbocycles. The highest BCUT2D eigenvalue weighted by atomic mass is 16.5. The van der Waals surface area contributed by atoms with Gasteiger partial charge in [-0.3, -0.25) is 4.79 Å². The van der Waals surface area contributed by atoms with Crippen LogP contribution in [0.1, 0.15) is 39.0 Å². The van der Waals surface area contributed by atoms with Crippen LogP contribution >= 0.6 is 0 Å². The number of nitrogens with one attached hydrogen (secondary N) is 2. The SMILES string of the molecule is CCCCOCCCN/C=C(/C#N)C(=O)NCC1CCCO1. The third-order valence-electron chi connectivity index (χ3n) is 3.38. The van der Waals surface area contributed by atoms with Gasteiger partial charge in [0.25, 0.3) is 5.91 Å². The van der Waals surface area contributed by atoms with Gasteiger partial charge < -0.3 is 20.1 Å². The summed E-state index contributed by atoms with van der Waals surface area (Å²) in [5, 5.41) is 14.7. The molecular weight excluding hydrogens is 282 g/mol. The van der Waals surface area contributed by atoms with E-state index in [4.69, 9.17) is 14.7 Å². The summed E-state index contributed by atoms with van der Waals surface area (Å²) in [6, 6.07) is 1.91. The molecule has 1 unspecified atom stereocenters. The minimum Gasteiger partial charge on any atom is -0.390 e. The lowest BCUT2D eigenvalue weighted by molar-refractivity contribution is -0.117. The molecular formula is C16H27N3O3. The predicted octanol–water partition coefficient (Wildman–Crippen LogP) is 1.49. The minimum absolute atomic E-state index is 0.0807. The zero-order valence-corrected chi connectivity index (χ0v) is 13.4. The van der Waals surface area contributed by atoms with Gasteiger partial charge in [-0.2, -0.15) is 5.26 Å². The van der Waals surface area contributed by atoms with Crippen molar-refractivity contribution in [3.63, 3.8) is 0 Å². The molecule has 124 valence electrons. The van der Waals surface area contributed by atoms with Crippen molar-refractivity contribution < 1.29 is 14.3 Å². The molecule has 6 heteroatoms. The summed E-state index contributed by atoms with van der Waals surface area (Å²) in [7, 11) is 0. The largest absolute Gasteiger partial charge is 0.390 e. The van der Waals surface area contributed by atoms with E-state index in [1.807, 2.05) is 6.07 Å². The molecule has 1 fully saturated rings. The number of nitrogens with zero attached hydrogens (tertiary/aromatic N) is 1. The molecule has 1 amide bonds. The fourth-order valence-corrected chi connectivity index (χ4v) is 2.05.